The first-order valence-electron chi connectivity index (χ1n) is 8.79. The van der Waals surface area contributed by atoms with Gasteiger partial charge in [0.2, 0.25) is 0 Å². The van der Waals surface area contributed by atoms with Crippen LogP contribution in [0.2, 0.25) is 0 Å². The van der Waals surface area contributed by atoms with Gasteiger partial charge < -0.3 is 11.1 Å². The molecule has 0 saturated heterocycles. The van der Waals surface area contributed by atoms with Crippen LogP contribution in [0.15, 0.2) is 35.6 Å². The summed E-state index contributed by atoms with van der Waals surface area (Å²) in [6, 6.07) is 0. The van der Waals surface area contributed by atoms with Gasteiger partial charge in [-0.2, -0.15) is 13.2 Å². The lowest BCUT2D eigenvalue weighted by atomic mass is 10.2. The third-order valence-electron chi connectivity index (χ3n) is 2.32. The second-order valence-corrected chi connectivity index (χ2v) is 4.10. The van der Waals surface area contributed by atoms with Crippen molar-refractivity contribution in [2.24, 2.45) is 5.73 Å². The van der Waals surface area contributed by atoms with Crippen LogP contribution in [0, 0.1) is 0 Å². The Hall–Kier alpha value is -1.56. The van der Waals surface area contributed by atoms with Gasteiger partial charge in [0, 0.05) is 24.2 Å². The number of carbonyl (C=O) groups is 1. The molecule has 0 bridgehead atoms. The van der Waals surface area contributed by atoms with E-state index >= 15 is 0 Å². The predicted molar refractivity (Wildman–Crippen MR) is 103 cm³/mol. The molecule has 0 rings (SSSR count). The van der Waals surface area contributed by atoms with Crippen LogP contribution in [-0.4, -0.2) is 18.6 Å². The topological polar surface area (TPSA) is 55.1 Å². The third-order valence-corrected chi connectivity index (χ3v) is 2.32. The maximum absolute atomic E-state index is 11.5. The number of nitrogens with one attached hydrogen (secondary N) is 1. The van der Waals surface area contributed by atoms with Crippen LogP contribution in [0.3, 0.4) is 0 Å². The van der Waals surface area contributed by atoms with Gasteiger partial charge in [-0.25, -0.2) is 0 Å². The van der Waals surface area contributed by atoms with Crippen molar-refractivity contribution in [2.75, 3.05) is 6.54 Å². The van der Waals surface area contributed by atoms with E-state index in [1.807, 2.05) is 53.7 Å². The number of carbonyl (C=O) groups excluding carboxylic acids is 1. The first-order chi connectivity index (χ1) is 11.7. The van der Waals surface area contributed by atoms with Crippen LogP contribution >= 0.6 is 0 Å². The largest absolute Gasteiger partial charge is 0.388 e. The van der Waals surface area contributed by atoms with E-state index in [1.165, 1.54) is 0 Å². The van der Waals surface area contributed by atoms with Crippen molar-refractivity contribution in [3.63, 3.8) is 0 Å². The molecule has 0 heterocycles. The van der Waals surface area contributed by atoms with Crippen LogP contribution in [0.1, 0.15) is 68.2 Å². The fraction of sp³-hybridized carbons (Fsp3) is 0.632. The van der Waals surface area contributed by atoms with E-state index in [2.05, 4.69) is 5.32 Å². The molecule has 0 aromatic carbocycles. The van der Waals surface area contributed by atoms with E-state index in [1.54, 1.807) is 19.1 Å². The summed E-state index contributed by atoms with van der Waals surface area (Å²) < 4.78 is 32.4. The van der Waals surface area contributed by atoms with E-state index in [4.69, 9.17) is 5.73 Å². The number of hydrogen-bond donors (Lipinski definition) is 2. The molecule has 0 aliphatic carbocycles. The summed E-state index contributed by atoms with van der Waals surface area (Å²) in [5, 5.41) is 2.79. The van der Waals surface area contributed by atoms with Crippen LogP contribution in [-0.2, 0) is 4.79 Å². The summed E-state index contributed by atoms with van der Waals surface area (Å²) in [6.45, 7) is 15.1. The molecule has 1 amide bonds. The van der Waals surface area contributed by atoms with Gasteiger partial charge in [-0.05, 0) is 32.4 Å². The molecule has 25 heavy (non-hydrogen) atoms. The van der Waals surface area contributed by atoms with E-state index in [9.17, 15) is 18.0 Å². The Morgan fingerprint density at radius 3 is 1.84 bits per heavy atom. The number of hydrogen-bond acceptors (Lipinski definition) is 2. The van der Waals surface area contributed by atoms with Gasteiger partial charge in [0.05, 0.1) is 0 Å². The Kier molecular flexibility index (Phi) is 28.0. The highest BCUT2D eigenvalue weighted by atomic mass is 19.4. The van der Waals surface area contributed by atoms with Crippen molar-refractivity contribution >= 4 is 5.91 Å². The number of amides is 1. The summed E-state index contributed by atoms with van der Waals surface area (Å²) in [6.07, 6.45) is 3.65. The van der Waals surface area contributed by atoms with E-state index in [-0.39, 0.29) is 5.91 Å². The summed E-state index contributed by atoms with van der Waals surface area (Å²) in [4.78, 5) is 11.5. The third kappa shape index (κ3) is 27.6. The molecule has 0 fully saturated rings. The zero-order valence-corrected chi connectivity index (χ0v) is 17.1. The Balaban J connectivity index is -0.000000184. The summed E-state index contributed by atoms with van der Waals surface area (Å²) in [5.74, 6) is -0.0852. The van der Waals surface area contributed by atoms with Crippen molar-refractivity contribution in [3.8, 4) is 0 Å². The van der Waals surface area contributed by atoms with E-state index in [0.717, 1.165) is 19.0 Å². The highest BCUT2D eigenvalue weighted by molar-refractivity contribution is 5.94. The van der Waals surface area contributed by atoms with Crippen molar-refractivity contribution in [2.45, 2.75) is 74.4 Å². The normalized spacial score (nSPS) is 11.4. The highest BCUT2D eigenvalue weighted by Gasteiger charge is 2.22. The van der Waals surface area contributed by atoms with Crippen LogP contribution in [0.4, 0.5) is 13.2 Å². The number of halogens is 3. The summed E-state index contributed by atoms with van der Waals surface area (Å²) in [5.41, 5.74) is 6.86. The lowest BCUT2D eigenvalue weighted by molar-refractivity contribution is -0.130. The number of rotatable bonds is 5. The van der Waals surface area contributed by atoms with Crippen LogP contribution in [0.5, 0.6) is 0 Å². The number of alkyl halides is 3. The molecule has 3 N–H and O–H groups in total. The molecule has 0 radical (unpaired) electrons. The molecule has 0 aliphatic heterocycles. The Morgan fingerprint density at radius 1 is 1.12 bits per heavy atom. The van der Waals surface area contributed by atoms with E-state index < -0.39 is 12.6 Å². The molecule has 0 aromatic rings. The second-order valence-electron chi connectivity index (χ2n) is 4.10. The van der Waals surface area contributed by atoms with Gasteiger partial charge in [-0.3, -0.25) is 4.79 Å². The number of nitrogens with two attached hydrogens (primary N) is 1. The molecule has 0 aromatic heterocycles. The maximum Gasteiger partial charge on any atom is 0.388 e. The first kappa shape index (κ1) is 31.2. The van der Waals surface area contributed by atoms with Gasteiger partial charge in [-0.1, -0.05) is 53.7 Å². The first-order valence-corrected chi connectivity index (χ1v) is 8.79. The molecular weight excluding hydrogens is 329 g/mol. The second kappa shape index (κ2) is 22.4. The standard InChI is InChI=1S/C12H20N2O.C3H5F3.2C2H6/c1-4-6-7-11(8-9-13)14-12(15)10(3)5-2;1-2-3(4,5)6;2*1-2/h5-8H,4,9,13H2,1-3H3,(H,14,15);2H2,1H3;2*1-2H3/b7-6-,10-5+,11-8+;;;. The lowest BCUT2D eigenvalue weighted by Crippen LogP contribution is -2.23. The molecule has 6 heteroatoms. The molecule has 0 spiro atoms. The molecular formula is C19H37F3N2O. The van der Waals surface area contributed by atoms with Gasteiger partial charge in [0.25, 0.3) is 5.91 Å². The van der Waals surface area contributed by atoms with Gasteiger partial charge >= 0.3 is 6.18 Å². The van der Waals surface area contributed by atoms with Crippen molar-refractivity contribution < 1.29 is 18.0 Å². The predicted octanol–water partition coefficient (Wildman–Crippen LogP) is 5.89. The summed E-state index contributed by atoms with van der Waals surface area (Å²) in [7, 11) is 0. The Labute approximate surface area is 152 Å². The van der Waals surface area contributed by atoms with Crippen LogP contribution < -0.4 is 11.1 Å². The Morgan fingerprint density at radius 2 is 1.56 bits per heavy atom. The minimum Gasteiger partial charge on any atom is -0.327 e. The highest BCUT2D eigenvalue weighted by Crippen LogP contribution is 2.17. The minimum atomic E-state index is -3.96. The maximum atomic E-state index is 11.5. The SMILES string of the molecule is C/C=C(\C)C(=O)NC(/C=C\CC)=C/CN.CC.CC.CCC(F)(F)F. The fourth-order valence-corrected chi connectivity index (χ4v) is 0.893. The molecule has 0 saturated carbocycles. The van der Waals surface area contributed by atoms with Crippen LogP contribution in [0.25, 0.3) is 0 Å². The molecule has 0 aliphatic rings. The summed E-state index contributed by atoms with van der Waals surface area (Å²) >= 11 is 0. The molecule has 3 nitrogen and oxygen atoms in total. The lowest BCUT2D eigenvalue weighted by Gasteiger charge is -2.05. The minimum absolute atomic E-state index is 0.0852. The Bertz CT molecular complexity index is 385. The monoisotopic (exact) mass is 366 g/mol. The smallest absolute Gasteiger partial charge is 0.327 e. The van der Waals surface area contributed by atoms with Crippen molar-refractivity contribution in [1.29, 1.82) is 0 Å². The van der Waals surface area contributed by atoms with Crippen molar-refractivity contribution in [1.82, 2.24) is 5.32 Å². The average Bonchev–Trinajstić information content (AvgIpc) is 2.62. The van der Waals surface area contributed by atoms with E-state index in [0.29, 0.717) is 12.1 Å². The molecule has 150 valence electrons. The zero-order valence-electron chi connectivity index (χ0n) is 17.1. The average molecular weight is 367 g/mol. The molecule has 0 atom stereocenters. The molecule has 0 unspecified atom stereocenters. The number of allylic oxidation sites excluding steroid dienone is 3. The quantitative estimate of drug-likeness (QED) is 0.471. The zero-order chi connectivity index (χ0) is 20.9. The van der Waals surface area contributed by atoms with Gasteiger partial charge in [0.1, 0.15) is 0 Å². The fourth-order valence-electron chi connectivity index (χ4n) is 0.893. The van der Waals surface area contributed by atoms with Gasteiger partial charge in [-0.15, -0.1) is 0 Å². The van der Waals surface area contributed by atoms with Gasteiger partial charge in [0.15, 0.2) is 0 Å². The van der Waals surface area contributed by atoms with Crippen molar-refractivity contribution in [3.05, 3.63) is 35.6 Å².